The maximum Gasteiger partial charge on any atom is 0.246 e. The topological polar surface area (TPSA) is 97.0 Å². The lowest BCUT2D eigenvalue weighted by Gasteiger charge is -2.34. The van der Waals surface area contributed by atoms with Gasteiger partial charge in [-0.1, -0.05) is 61.2 Å². The van der Waals surface area contributed by atoms with Gasteiger partial charge in [-0.15, -0.1) is 0 Å². The average Bonchev–Trinajstić information content (AvgIpc) is 3.60. The zero-order chi connectivity index (χ0) is 27.9. The van der Waals surface area contributed by atoms with Crippen molar-refractivity contribution >= 4 is 35.0 Å². The molecule has 1 aliphatic carbocycles. The van der Waals surface area contributed by atoms with Crippen molar-refractivity contribution in [2.45, 2.75) is 62.3 Å². The molecule has 2 saturated heterocycles. The Bertz CT molecular complexity index is 1320. The van der Waals surface area contributed by atoms with Crippen molar-refractivity contribution in [1.29, 1.82) is 0 Å². The average molecular weight is 564 g/mol. The summed E-state index contributed by atoms with van der Waals surface area (Å²) in [5.41, 5.74) is 0.393. The predicted octanol–water partition coefficient (Wildman–Crippen LogP) is 4.13. The fourth-order valence-electron chi connectivity index (χ4n) is 6.86. The molecule has 2 aromatic rings. The molecule has 8 nitrogen and oxygen atoms in total. The van der Waals surface area contributed by atoms with E-state index in [1.165, 1.54) is 6.42 Å². The molecule has 5 atom stereocenters. The van der Waals surface area contributed by atoms with Gasteiger partial charge in [-0.3, -0.25) is 14.4 Å². The number of likely N-dealkylation sites (tertiary alicyclic amines) is 1. The molecule has 2 aromatic carbocycles. The lowest BCUT2D eigenvalue weighted by atomic mass is 9.74. The Morgan fingerprint density at radius 2 is 1.88 bits per heavy atom. The number of benzene rings is 2. The molecule has 210 valence electrons. The first-order chi connectivity index (χ1) is 19.4. The Hall–Kier alpha value is -3.36. The van der Waals surface area contributed by atoms with Gasteiger partial charge < -0.3 is 25.0 Å². The summed E-state index contributed by atoms with van der Waals surface area (Å²) >= 11 is 6.06. The third-order valence-electron chi connectivity index (χ3n) is 8.77. The van der Waals surface area contributed by atoms with E-state index < -0.39 is 29.6 Å². The van der Waals surface area contributed by atoms with Gasteiger partial charge in [0.05, 0.1) is 25.0 Å². The van der Waals surface area contributed by atoms with Crippen LogP contribution in [0.4, 0.5) is 5.69 Å². The lowest BCUT2D eigenvalue weighted by molar-refractivity contribution is -0.141. The summed E-state index contributed by atoms with van der Waals surface area (Å²) in [6.07, 6.45) is 8.84. The summed E-state index contributed by atoms with van der Waals surface area (Å²) in [7, 11) is 1.56. The Morgan fingerprint density at radius 3 is 2.62 bits per heavy atom. The second-order valence-corrected chi connectivity index (χ2v) is 11.6. The van der Waals surface area contributed by atoms with Crippen LogP contribution in [-0.2, 0) is 25.5 Å². The minimum absolute atomic E-state index is 0.0830. The van der Waals surface area contributed by atoms with Crippen LogP contribution in [0.5, 0.6) is 5.75 Å². The van der Waals surface area contributed by atoms with Crippen LogP contribution in [0, 0.1) is 11.8 Å². The molecular weight excluding hydrogens is 530 g/mol. The number of methoxy groups -OCH3 is 1. The summed E-state index contributed by atoms with van der Waals surface area (Å²) in [5, 5.41) is 6.81. The molecule has 3 aliphatic heterocycles. The molecule has 1 spiro atoms. The standard InChI is InChI=1S/C31H34ClN3O5/c1-39-23-9-5-8-22(18-23)34-28(36)25-24-14-16-31(40-24)26(25)30(38)35(17-15-19-10-12-20(32)13-11-19)27(31)29(37)33-21-6-3-2-4-7-21/h5,8-14,16,18,21,24-27H,2-4,6-7,15,17H2,1H3,(H,33,37)(H,34,36)/t24-,25-,26-,27+,31-/m0/s1. The van der Waals surface area contributed by atoms with Gasteiger partial charge in [0.25, 0.3) is 0 Å². The van der Waals surface area contributed by atoms with E-state index in [1.807, 2.05) is 36.4 Å². The molecule has 3 heterocycles. The van der Waals surface area contributed by atoms with E-state index in [-0.39, 0.29) is 23.8 Å². The van der Waals surface area contributed by atoms with Crippen molar-refractivity contribution in [1.82, 2.24) is 10.2 Å². The van der Waals surface area contributed by atoms with Crippen molar-refractivity contribution in [3.05, 3.63) is 71.3 Å². The van der Waals surface area contributed by atoms with E-state index in [0.717, 1.165) is 31.2 Å². The van der Waals surface area contributed by atoms with E-state index in [2.05, 4.69) is 10.6 Å². The molecule has 6 rings (SSSR count). The van der Waals surface area contributed by atoms with Gasteiger partial charge in [0.2, 0.25) is 17.7 Å². The molecule has 0 radical (unpaired) electrons. The molecule has 0 aromatic heterocycles. The highest BCUT2D eigenvalue weighted by Gasteiger charge is 2.72. The van der Waals surface area contributed by atoms with Crippen molar-refractivity contribution < 1.29 is 23.9 Å². The monoisotopic (exact) mass is 563 g/mol. The molecule has 3 amide bonds. The second kappa shape index (κ2) is 10.9. The van der Waals surface area contributed by atoms with E-state index in [1.54, 1.807) is 36.3 Å². The number of nitrogens with one attached hydrogen (secondary N) is 2. The van der Waals surface area contributed by atoms with Crippen LogP contribution in [0.15, 0.2) is 60.7 Å². The van der Waals surface area contributed by atoms with E-state index >= 15 is 0 Å². The molecule has 40 heavy (non-hydrogen) atoms. The summed E-state index contributed by atoms with van der Waals surface area (Å²) in [5.74, 6) is -1.68. The number of hydrogen-bond donors (Lipinski definition) is 2. The zero-order valence-corrected chi connectivity index (χ0v) is 23.2. The molecule has 9 heteroatoms. The zero-order valence-electron chi connectivity index (χ0n) is 22.5. The third-order valence-corrected chi connectivity index (χ3v) is 9.02. The summed E-state index contributed by atoms with van der Waals surface area (Å²) in [6, 6.07) is 13.8. The molecule has 2 bridgehead atoms. The Morgan fingerprint density at radius 1 is 1.10 bits per heavy atom. The highest BCUT2D eigenvalue weighted by molar-refractivity contribution is 6.30. The SMILES string of the molecule is COc1cccc(NC(=O)[C@H]2[C@@H]3C=C[C@]4(O3)[C@@H]2C(=O)N(CCc2ccc(Cl)cc2)[C@@H]4C(=O)NC2CCCCC2)c1. The highest BCUT2D eigenvalue weighted by Crippen LogP contribution is 2.55. The maximum atomic E-state index is 14.1. The van der Waals surface area contributed by atoms with Crippen LogP contribution in [-0.4, -0.2) is 60.1 Å². The minimum atomic E-state index is -1.18. The number of hydrogen-bond acceptors (Lipinski definition) is 5. The van der Waals surface area contributed by atoms with Crippen LogP contribution in [0.3, 0.4) is 0 Å². The number of carbonyl (C=O) groups excluding carboxylic acids is 3. The minimum Gasteiger partial charge on any atom is -0.497 e. The fraction of sp³-hybridized carbons (Fsp3) is 0.452. The molecule has 1 saturated carbocycles. The molecule has 0 unspecified atom stereocenters. The van der Waals surface area contributed by atoms with Gasteiger partial charge in [0.15, 0.2) is 0 Å². The Kier molecular flexibility index (Phi) is 7.31. The van der Waals surface area contributed by atoms with Crippen molar-refractivity contribution in [3.63, 3.8) is 0 Å². The lowest BCUT2D eigenvalue weighted by Crippen LogP contribution is -2.56. The smallest absolute Gasteiger partial charge is 0.246 e. The van der Waals surface area contributed by atoms with Crippen molar-refractivity contribution in [2.24, 2.45) is 11.8 Å². The number of anilines is 1. The summed E-state index contributed by atoms with van der Waals surface area (Å²) in [6.45, 7) is 0.327. The van der Waals surface area contributed by atoms with Gasteiger partial charge in [0.1, 0.15) is 17.4 Å². The number of halogens is 1. The van der Waals surface area contributed by atoms with E-state index in [4.69, 9.17) is 21.1 Å². The van der Waals surface area contributed by atoms with Gasteiger partial charge >= 0.3 is 0 Å². The summed E-state index contributed by atoms with van der Waals surface area (Å²) < 4.78 is 11.7. The fourth-order valence-corrected chi connectivity index (χ4v) is 6.99. The predicted molar refractivity (Wildman–Crippen MR) is 151 cm³/mol. The quantitative estimate of drug-likeness (QED) is 0.471. The Balaban J connectivity index is 1.28. The first kappa shape index (κ1) is 26.8. The highest BCUT2D eigenvalue weighted by atomic mass is 35.5. The largest absolute Gasteiger partial charge is 0.497 e. The van der Waals surface area contributed by atoms with Gasteiger partial charge in [0, 0.05) is 29.4 Å². The van der Waals surface area contributed by atoms with Crippen molar-refractivity contribution in [2.75, 3.05) is 19.0 Å². The number of ether oxygens (including phenoxy) is 2. The van der Waals surface area contributed by atoms with Gasteiger partial charge in [-0.25, -0.2) is 0 Å². The second-order valence-electron chi connectivity index (χ2n) is 11.2. The summed E-state index contributed by atoms with van der Waals surface area (Å²) in [4.78, 5) is 43.4. The number of fused-ring (bicyclic) bond motifs is 1. The molecular formula is C31H34ClN3O5. The van der Waals surface area contributed by atoms with Gasteiger partial charge in [-0.05, 0) is 49.1 Å². The number of amides is 3. The maximum absolute atomic E-state index is 14.1. The van der Waals surface area contributed by atoms with Crippen LogP contribution in [0.25, 0.3) is 0 Å². The first-order valence-corrected chi connectivity index (χ1v) is 14.4. The van der Waals surface area contributed by atoms with E-state index in [0.29, 0.717) is 29.4 Å². The number of nitrogens with zero attached hydrogens (tertiary/aromatic N) is 1. The Labute approximate surface area is 239 Å². The van der Waals surface area contributed by atoms with Crippen molar-refractivity contribution in [3.8, 4) is 5.75 Å². The first-order valence-electron chi connectivity index (χ1n) is 14.1. The van der Waals surface area contributed by atoms with Crippen LogP contribution >= 0.6 is 11.6 Å². The molecule has 3 fully saturated rings. The number of rotatable bonds is 8. The third kappa shape index (κ3) is 4.77. The van der Waals surface area contributed by atoms with Crippen LogP contribution < -0.4 is 15.4 Å². The molecule has 2 N–H and O–H groups in total. The number of carbonyl (C=O) groups is 3. The molecule has 4 aliphatic rings. The van der Waals surface area contributed by atoms with E-state index in [9.17, 15) is 14.4 Å². The normalized spacial score (nSPS) is 28.9. The van der Waals surface area contributed by atoms with Gasteiger partial charge in [-0.2, -0.15) is 0 Å². The van der Waals surface area contributed by atoms with Crippen LogP contribution in [0.1, 0.15) is 37.7 Å². The van der Waals surface area contributed by atoms with Crippen LogP contribution in [0.2, 0.25) is 5.02 Å².